The van der Waals surface area contributed by atoms with E-state index in [9.17, 15) is 33.9 Å². The molecule has 3 fully saturated rings. The maximum atomic E-state index is 14.3. The third kappa shape index (κ3) is 8.02. The predicted octanol–water partition coefficient (Wildman–Crippen LogP) is 0.226. The number of carboxylic acid groups (broad SMARTS) is 1. The third-order valence-electron chi connectivity index (χ3n) is 9.53. The van der Waals surface area contributed by atoms with Crippen LogP contribution < -0.4 is 16.4 Å². The fourth-order valence-electron chi connectivity index (χ4n) is 6.50. The van der Waals surface area contributed by atoms with Gasteiger partial charge in [-0.3, -0.25) is 38.7 Å². The molecule has 0 aliphatic carbocycles. The summed E-state index contributed by atoms with van der Waals surface area (Å²) < 4.78 is 17.3. The molecule has 3 saturated heterocycles. The van der Waals surface area contributed by atoms with Gasteiger partial charge in [-0.15, -0.1) is 0 Å². The summed E-state index contributed by atoms with van der Waals surface area (Å²) in [6.45, 7) is 19.7. The lowest BCUT2D eigenvalue weighted by atomic mass is 9.98. The minimum atomic E-state index is -1.28. The van der Waals surface area contributed by atoms with Gasteiger partial charge in [0.25, 0.3) is 0 Å². The molecule has 0 aromatic heterocycles. The molecule has 3 aliphatic heterocycles. The summed E-state index contributed by atoms with van der Waals surface area (Å²) in [6.07, 6.45) is 0. The number of hydrogen-bond acceptors (Lipinski definition) is 10. The van der Waals surface area contributed by atoms with Crippen molar-refractivity contribution in [2.45, 2.75) is 137 Å². The van der Waals surface area contributed by atoms with E-state index in [1.165, 1.54) is 9.80 Å². The molecule has 0 aromatic carbocycles. The van der Waals surface area contributed by atoms with Crippen molar-refractivity contribution < 1.29 is 48.1 Å². The first-order valence-electron chi connectivity index (χ1n) is 16.9. The molecule has 278 valence electrons. The molecule has 16 heteroatoms. The normalized spacial score (nSPS) is 26.2. The lowest BCUT2D eigenvalue weighted by molar-refractivity contribution is -0.159. The largest absolute Gasteiger partial charge is 0.480 e. The quantitative estimate of drug-likeness (QED) is 0.230. The number of hydrogen-bond donors (Lipinski definition) is 4. The van der Waals surface area contributed by atoms with Crippen LogP contribution in [0.25, 0.3) is 0 Å². The van der Waals surface area contributed by atoms with Crippen molar-refractivity contribution in [1.29, 1.82) is 0 Å². The van der Waals surface area contributed by atoms with Crippen molar-refractivity contribution in [3.63, 3.8) is 0 Å². The lowest BCUT2D eigenvalue weighted by Crippen LogP contribution is -2.64. The molecule has 5 N–H and O–H groups in total. The van der Waals surface area contributed by atoms with Crippen LogP contribution in [-0.2, 0) is 43.0 Å². The standard InChI is InChI=1S/C33H56N6O10/c1-16(2)22(34)27(42)37-19(13-47-31(37,7)8)25(40)35-23(17(3)4)28(43)38-20(14-48-32(38,9)10)26(41)36-24(18(5)6)29(44)39-21(30(45)46)15-49-33(39,11)12/h16-24H,13-15,34H2,1-12H3,(H,35,40)(H,36,41)(H,45,46)/t19-,20-,21-,22-,23-,24-/m0/s1. The molecule has 0 unspecified atom stereocenters. The maximum absolute atomic E-state index is 14.3. The van der Waals surface area contributed by atoms with Crippen molar-refractivity contribution in [2.75, 3.05) is 19.8 Å². The Morgan fingerprint density at radius 3 is 1.20 bits per heavy atom. The number of rotatable bonds is 11. The minimum Gasteiger partial charge on any atom is -0.480 e. The lowest BCUT2D eigenvalue weighted by Gasteiger charge is -2.39. The van der Waals surface area contributed by atoms with E-state index in [-0.39, 0.29) is 25.7 Å². The first-order valence-corrected chi connectivity index (χ1v) is 16.9. The summed E-state index contributed by atoms with van der Waals surface area (Å²) in [4.78, 5) is 84.9. The van der Waals surface area contributed by atoms with Gasteiger partial charge in [-0.05, 0) is 59.3 Å². The second kappa shape index (κ2) is 14.5. The zero-order valence-corrected chi connectivity index (χ0v) is 30.9. The van der Waals surface area contributed by atoms with Gasteiger partial charge in [0.2, 0.25) is 29.5 Å². The molecule has 0 bridgehead atoms. The topological polar surface area (TPSA) is 210 Å². The summed E-state index contributed by atoms with van der Waals surface area (Å²) in [7, 11) is 0. The Morgan fingerprint density at radius 1 is 0.592 bits per heavy atom. The van der Waals surface area contributed by atoms with Gasteiger partial charge in [0, 0.05) is 0 Å². The van der Waals surface area contributed by atoms with Gasteiger partial charge in [-0.1, -0.05) is 41.5 Å². The fraction of sp³-hybridized carbons (Fsp3) is 0.818. The maximum Gasteiger partial charge on any atom is 0.328 e. The van der Waals surface area contributed by atoms with Crippen LogP contribution in [0.3, 0.4) is 0 Å². The predicted molar refractivity (Wildman–Crippen MR) is 176 cm³/mol. The highest BCUT2D eigenvalue weighted by Crippen LogP contribution is 2.33. The molecule has 0 spiro atoms. The number of ether oxygens (including phenoxy) is 3. The Labute approximate surface area is 288 Å². The molecule has 0 radical (unpaired) electrons. The van der Waals surface area contributed by atoms with E-state index in [1.807, 2.05) is 0 Å². The monoisotopic (exact) mass is 696 g/mol. The van der Waals surface area contributed by atoms with Crippen LogP contribution in [0.4, 0.5) is 0 Å². The molecule has 3 aliphatic rings. The molecule has 0 aromatic rings. The zero-order chi connectivity index (χ0) is 37.5. The zero-order valence-electron chi connectivity index (χ0n) is 30.9. The van der Waals surface area contributed by atoms with E-state index in [2.05, 4.69) is 10.6 Å². The second-order valence-electron chi connectivity index (χ2n) is 15.5. The fourth-order valence-corrected chi connectivity index (χ4v) is 6.50. The highest BCUT2D eigenvalue weighted by molar-refractivity contribution is 5.97. The first-order chi connectivity index (χ1) is 22.4. The van der Waals surface area contributed by atoms with Gasteiger partial charge in [-0.25, -0.2) is 4.79 Å². The number of nitrogens with zero attached hydrogens (tertiary/aromatic N) is 3. The summed E-state index contributed by atoms with van der Waals surface area (Å²) in [5.41, 5.74) is 2.53. The van der Waals surface area contributed by atoms with Crippen LogP contribution in [0.15, 0.2) is 0 Å². The van der Waals surface area contributed by atoms with Gasteiger partial charge < -0.3 is 35.7 Å². The van der Waals surface area contributed by atoms with Crippen molar-refractivity contribution >= 4 is 35.5 Å². The smallest absolute Gasteiger partial charge is 0.328 e. The molecular formula is C33H56N6O10. The van der Waals surface area contributed by atoms with E-state index in [4.69, 9.17) is 19.9 Å². The van der Waals surface area contributed by atoms with Gasteiger partial charge >= 0.3 is 5.97 Å². The van der Waals surface area contributed by atoms with E-state index in [0.29, 0.717) is 0 Å². The Morgan fingerprint density at radius 2 is 0.898 bits per heavy atom. The molecule has 3 heterocycles. The highest BCUT2D eigenvalue weighted by atomic mass is 16.5. The second-order valence-corrected chi connectivity index (χ2v) is 15.5. The Bertz CT molecular complexity index is 1310. The number of carbonyl (C=O) groups is 6. The number of carbonyl (C=O) groups excluding carboxylic acids is 5. The average molecular weight is 697 g/mol. The summed E-state index contributed by atoms with van der Waals surface area (Å²) >= 11 is 0. The number of aliphatic carboxylic acids is 1. The van der Waals surface area contributed by atoms with Gasteiger partial charge in [0.05, 0.1) is 25.9 Å². The van der Waals surface area contributed by atoms with E-state index in [1.54, 1.807) is 83.1 Å². The van der Waals surface area contributed by atoms with Gasteiger partial charge in [0.15, 0.2) is 6.04 Å². The Hall–Kier alpha value is -3.34. The molecular weight excluding hydrogens is 640 g/mol. The minimum absolute atomic E-state index is 0.107. The van der Waals surface area contributed by atoms with Crippen molar-refractivity contribution in [3.8, 4) is 0 Å². The van der Waals surface area contributed by atoms with Crippen molar-refractivity contribution in [1.82, 2.24) is 25.3 Å². The number of nitrogens with one attached hydrogen (secondary N) is 2. The molecule has 0 saturated carbocycles. The van der Waals surface area contributed by atoms with Crippen LogP contribution in [0.2, 0.25) is 0 Å². The van der Waals surface area contributed by atoms with Crippen LogP contribution in [0.5, 0.6) is 0 Å². The van der Waals surface area contributed by atoms with Crippen LogP contribution in [-0.4, -0.2) is 129 Å². The van der Waals surface area contributed by atoms with E-state index in [0.717, 1.165) is 4.90 Å². The van der Waals surface area contributed by atoms with Crippen LogP contribution in [0.1, 0.15) is 83.1 Å². The molecule has 3 rings (SSSR count). The summed E-state index contributed by atoms with van der Waals surface area (Å²) in [5, 5.41) is 15.3. The Kier molecular flexibility index (Phi) is 11.9. The number of nitrogens with two attached hydrogens (primary N) is 1. The molecule has 16 nitrogen and oxygen atoms in total. The first kappa shape index (κ1) is 40.1. The number of carboxylic acids is 1. The van der Waals surface area contributed by atoms with E-state index < -0.39 is 101 Å². The van der Waals surface area contributed by atoms with Crippen molar-refractivity contribution in [2.24, 2.45) is 23.5 Å². The molecule has 49 heavy (non-hydrogen) atoms. The summed E-state index contributed by atoms with van der Waals surface area (Å²) in [5.74, 6) is -5.35. The highest BCUT2D eigenvalue weighted by Gasteiger charge is 2.54. The van der Waals surface area contributed by atoms with Gasteiger partial charge in [-0.2, -0.15) is 0 Å². The number of amides is 5. The molecule has 6 atom stereocenters. The van der Waals surface area contributed by atoms with Crippen molar-refractivity contribution in [3.05, 3.63) is 0 Å². The third-order valence-corrected chi connectivity index (χ3v) is 9.53. The summed E-state index contributed by atoms with van der Waals surface area (Å²) in [6, 6.07) is -6.65. The van der Waals surface area contributed by atoms with Gasteiger partial charge in [0.1, 0.15) is 41.3 Å². The van der Waals surface area contributed by atoms with Crippen LogP contribution in [0, 0.1) is 17.8 Å². The van der Waals surface area contributed by atoms with Crippen LogP contribution >= 0.6 is 0 Å². The SMILES string of the molecule is CC(C)[C@H](N)C(=O)N1[C@H](C(=O)N[C@H](C(=O)N2[C@H](C(=O)N[C@H](C(=O)N3[C@H](C(=O)O)COC3(C)C)C(C)C)COC2(C)C)C(C)C)COC1(C)C. The average Bonchev–Trinajstić information content (AvgIpc) is 3.60. The Balaban J connectivity index is 1.87. The van der Waals surface area contributed by atoms with E-state index >= 15 is 0 Å². The molecule has 5 amide bonds.